The Morgan fingerprint density at radius 2 is 1.62 bits per heavy atom. The molecule has 1 aliphatic carbocycles. The van der Waals surface area contributed by atoms with Crippen LogP contribution in [-0.4, -0.2) is 17.1 Å². The van der Waals surface area contributed by atoms with Gasteiger partial charge in [0.15, 0.2) is 0 Å². The molecule has 0 saturated carbocycles. The minimum Gasteiger partial charge on any atom is -0.323 e. The summed E-state index contributed by atoms with van der Waals surface area (Å²) in [6.07, 6.45) is 0.769. The number of rotatable bonds is 2. The van der Waals surface area contributed by atoms with Crippen molar-refractivity contribution in [3.63, 3.8) is 0 Å². The topological polar surface area (TPSA) is 63.1 Å². The second-order valence-corrected chi connectivity index (χ2v) is 5.23. The number of nitrogens with zero attached hydrogens (tertiary/aromatic N) is 3. The third-order valence-electron chi connectivity index (χ3n) is 4.01. The third-order valence-corrected chi connectivity index (χ3v) is 4.01. The van der Waals surface area contributed by atoms with Crippen LogP contribution in [-0.2, 0) is 6.42 Å². The average molecular weight is 274 g/mol. The van der Waals surface area contributed by atoms with Gasteiger partial charge in [-0.2, -0.15) is 15.3 Å². The van der Waals surface area contributed by atoms with Gasteiger partial charge in [0.05, 0.1) is 23.1 Å². The van der Waals surface area contributed by atoms with Gasteiger partial charge in [-0.15, -0.1) is 0 Å². The first-order valence-corrected chi connectivity index (χ1v) is 6.94. The molecule has 4 nitrogen and oxygen atoms in total. The molecule has 1 unspecified atom stereocenters. The number of hydrogen-bond donors (Lipinski definition) is 1. The van der Waals surface area contributed by atoms with Gasteiger partial charge >= 0.3 is 0 Å². The Balaban J connectivity index is 1.72. The number of hydrogen-bond acceptors (Lipinski definition) is 4. The highest BCUT2D eigenvalue weighted by atomic mass is 15.3. The predicted molar refractivity (Wildman–Crippen MR) is 84.8 cm³/mol. The number of nitrogens with two attached hydrogens (primary N) is 1. The van der Waals surface area contributed by atoms with Crippen molar-refractivity contribution in [2.45, 2.75) is 6.42 Å². The number of fused-ring (bicyclic) bond motifs is 3. The second kappa shape index (κ2) is 4.66. The minimum atomic E-state index is 0.00704. The summed E-state index contributed by atoms with van der Waals surface area (Å²) in [4.78, 5) is 0. The third kappa shape index (κ3) is 1.80. The Morgan fingerprint density at radius 1 is 0.905 bits per heavy atom. The van der Waals surface area contributed by atoms with Crippen LogP contribution in [0, 0.1) is 5.92 Å². The molecule has 0 spiro atoms. The van der Waals surface area contributed by atoms with E-state index in [9.17, 15) is 0 Å². The summed E-state index contributed by atoms with van der Waals surface area (Å²) >= 11 is 0. The smallest absolute Gasteiger partial charge is 0.0889 e. The molecule has 4 heteroatoms. The van der Waals surface area contributed by atoms with Crippen LogP contribution >= 0.6 is 0 Å². The van der Waals surface area contributed by atoms with Crippen molar-refractivity contribution in [2.24, 2.45) is 27.1 Å². The summed E-state index contributed by atoms with van der Waals surface area (Å²) in [5.41, 5.74) is 6.25. The van der Waals surface area contributed by atoms with Gasteiger partial charge in [0.2, 0.25) is 0 Å². The molecular weight excluding hydrogens is 260 g/mol. The van der Waals surface area contributed by atoms with Crippen LogP contribution in [0.4, 0.5) is 0 Å². The van der Waals surface area contributed by atoms with Crippen LogP contribution in [0.3, 0.4) is 0 Å². The van der Waals surface area contributed by atoms with Gasteiger partial charge in [0, 0.05) is 17.5 Å². The molecule has 0 fully saturated rings. The van der Waals surface area contributed by atoms with E-state index in [0.29, 0.717) is 0 Å². The summed E-state index contributed by atoms with van der Waals surface area (Å²) in [6.45, 7) is 0. The molecule has 0 radical (unpaired) electrons. The van der Waals surface area contributed by atoms with Crippen molar-refractivity contribution >= 4 is 17.1 Å². The average Bonchev–Trinajstić information content (AvgIpc) is 3.07. The molecule has 0 aromatic heterocycles. The van der Waals surface area contributed by atoms with Gasteiger partial charge in [-0.1, -0.05) is 54.6 Å². The SMILES string of the molecule is NN=C1c2ccccc2C2=NN=C(Cc3ccccc3)C12. The van der Waals surface area contributed by atoms with Gasteiger partial charge in [0.25, 0.3) is 0 Å². The van der Waals surface area contributed by atoms with E-state index in [1.54, 1.807) is 0 Å². The Hall–Kier alpha value is -2.75. The molecule has 1 atom stereocenters. The molecule has 2 aliphatic rings. The maximum absolute atomic E-state index is 5.64. The first-order chi connectivity index (χ1) is 10.4. The normalized spacial score (nSPS) is 21.0. The van der Waals surface area contributed by atoms with Crippen molar-refractivity contribution in [3.8, 4) is 0 Å². The van der Waals surface area contributed by atoms with E-state index in [1.807, 2.05) is 36.4 Å². The van der Waals surface area contributed by atoms with E-state index < -0.39 is 0 Å². The van der Waals surface area contributed by atoms with Gasteiger partial charge < -0.3 is 5.84 Å². The molecule has 2 N–H and O–H groups in total. The van der Waals surface area contributed by atoms with Gasteiger partial charge in [-0.25, -0.2) is 0 Å². The zero-order valence-electron chi connectivity index (χ0n) is 11.4. The Bertz CT molecular complexity index is 772. The van der Waals surface area contributed by atoms with E-state index in [0.717, 1.165) is 34.7 Å². The number of benzene rings is 2. The summed E-state index contributed by atoms with van der Waals surface area (Å²) in [6, 6.07) is 18.4. The predicted octanol–water partition coefficient (Wildman–Crippen LogP) is 2.38. The van der Waals surface area contributed by atoms with Crippen LogP contribution in [0.2, 0.25) is 0 Å². The van der Waals surface area contributed by atoms with Crippen molar-refractivity contribution in [1.82, 2.24) is 0 Å². The molecule has 1 aliphatic heterocycles. The van der Waals surface area contributed by atoms with E-state index in [4.69, 9.17) is 5.84 Å². The highest BCUT2D eigenvalue weighted by Gasteiger charge is 2.40. The molecule has 2 aromatic rings. The molecule has 4 rings (SSSR count). The zero-order valence-corrected chi connectivity index (χ0v) is 11.4. The summed E-state index contributed by atoms with van der Waals surface area (Å²) < 4.78 is 0. The lowest BCUT2D eigenvalue weighted by Gasteiger charge is -2.09. The fourth-order valence-electron chi connectivity index (χ4n) is 3.06. The highest BCUT2D eigenvalue weighted by molar-refractivity contribution is 6.40. The first kappa shape index (κ1) is 12.0. The van der Waals surface area contributed by atoms with Gasteiger partial charge in [0.1, 0.15) is 0 Å². The van der Waals surface area contributed by atoms with Crippen LogP contribution < -0.4 is 5.84 Å². The molecule has 0 saturated heterocycles. The summed E-state index contributed by atoms with van der Waals surface area (Å²) in [7, 11) is 0. The van der Waals surface area contributed by atoms with Gasteiger partial charge in [-0.3, -0.25) is 0 Å². The summed E-state index contributed by atoms with van der Waals surface area (Å²) in [5.74, 6) is 5.65. The highest BCUT2D eigenvalue weighted by Crippen LogP contribution is 2.33. The Morgan fingerprint density at radius 3 is 2.38 bits per heavy atom. The molecule has 1 heterocycles. The van der Waals surface area contributed by atoms with E-state index in [-0.39, 0.29) is 5.92 Å². The maximum atomic E-state index is 5.64. The van der Waals surface area contributed by atoms with Crippen LogP contribution in [0.15, 0.2) is 69.9 Å². The molecular formula is C17H14N4. The van der Waals surface area contributed by atoms with Crippen LogP contribution in [0.5, 0.6) is 0 Å². The van der Waals surface area contributed by atoms with Crippen molar-refractivity contribution in [2.75, 3.05) is 0 Å². The fraction of sp³-hybridized carbons (Fsp3) is 0.118. The summed E-state index contributed by atoms with van der Waals surface area (Å²) in [5, 5.41) is 12.8. The standard InChI is InChI=1S/C17H14N4/c18-19-16-12-8-4-5-9-13(12)17-15(16)14(20-21-17)10-11-6-2-1-3-7-11/h1-9,15H,10,18H2. The Kier molecular flexibility index (Phi) is 2.67. The van der Waals surface area contributed by atoms with Crippen molar-refractivity contribution < 1.29 is 0 Å². The molecule has 102 valence electrons. The van der Waals surface area contributed by atoms with E-state index in [2.05, 4.69) is 33.5 Å². The molecule has 21 heavy (non-hydrogen) atoms. The lowest BCUT2D eigenvalue weighted by molar-refractivity contribution is 1.15. The molecule has 2 aromatic carbocycles. The molecule has 0 bridgehead atoms. The monoisotopic (exact) mass is 274 g/mol. The number of hydrazone groups is 1. The minimum absolute atomic E-state index is 0.00704. The Labute approximate surface area is 122 Å². The van der Waals surface area contributed by atoms with Gasteiger partial charge in [-0.05, 0) is 5.56 Å². The molecule has 0 amide bonds. The van der Waals surface area contributed by atoms with Crippen molar-refractivity contribution in [3.05, 3.63) is 71.3 Å². The first-order valence-electron chi connectivity index (χ1n) is 6.94. The lowest BCUT2D eigenvalue weighted by atomic mass is 9.92. The maximum Gasteiger partial charge on any atom is 0.0889 e. The van der Waals surface area contributed by atoms with Crippen LogP contribution in [0.25, 0.3) is 0 Å². The lowest BCUT2D eigenvalue weighted by Crippen LogP contribution is -2.25. The zero-order chi connectivity index (χ0) is 14.2. The quantitative estimate of drug-likeness (QED) is 0.663. The van der Waals surface area contributed by atoms with E-state index in [1.165, 1.54) is 5.56 Å². The largest absolute Gasteiger partial charge is 0.323 e. The van der Waals surface area contributed by atoms with E-state index >= 15 is 0 Å². The second-order valence-electron chi connectivity index (χ2n) is 5.23. The fourth-order valence-corrected chi connectivity index (χ4v) is 3.06. The van der Waals surface area contributed by atoms with Crippen LogP contribution in [0.1, 0.15) is 16.7 Å². The van der Waals surface area contributed by atoms with Crippen molar-refractivity contribution in [1.29, 1.82) is 0 Å².